The fourth-order valence-electron chi connectivity index (χ4n) is 7.19. The number of aliphatic hydroxyl groups excluding tert-OH is 1. The first-order valence-corrected chi connectivity index (χ1v) is 20.6. The molecule has 0 saturated carbocycles. The molecule has 0 fully saturated rings. The molecule has 4 N–H and O–H groups in total. The number of nitrogens with one attached hydrogen (secondary N) is 3. The minimum atomic E-state index is -1.01. The number of ether oxygens (including phenoxy) is 3. The van der Waals surface area contributed by atoms with Crippen LogP contribution in [0.5, 0.6) is 5.75 Å². The van der Waals surface area contributed by atoms with Crippen molar-refractivity contribution in [1.82, 2.24) is 16.0 Å². The fraction of sp³-hybridized carbons (Fsp3) is 0.347. The van der Waals surface area contributed by atoms with Crippen molar-refractivity contribution >= 4 is 23.9 Å². The Kier molecular flexibility index (Phi) is 17.1. The van der Waals surface area contributed by atoms with E-state index >= 15 is 0 Å². The van der Waals surface area contributed by atoms with E-state index in [1.165, 1.54) is 0 Å². The van der Waals surface area contributed by atoms with E-state index in [1.807, 2.05) is 105 Å². The summed E-state index contributed by atoms with van der Waals surface area (Å²) in [7, 11) is 0. The standard InChI is InChI=1S/C49H57N3O8/c1-5-7-22-44(52-49(57)60-31-43-41-20-13-11-18-39(41)40-19-12-14-21-42(40)43)48(56)59-32-45(33(3)4)51-47(55)36(15-6-2)28-46(54)50-37(29-53)27-34-23-25-38(26-24-34)58-30-35-16-9-8-10-17-35/h5-6,8-14,16-21,23-26,33,36-37,43-45,53H,1-2,7,15,22,27-32H2,3-4H3,(H,50,54)(H,51,55)(H,52,57). The Hall–Kier alpha value is -6.20. The van der Waals surface area contributed by atoms with Crippen LogP contribution in [0.2, 0.25) is 0 Å². The zero-order valence-corrected chi connectivity index (χ0v) is 34.5. The second-order valence-corrected chi connectivity index (χ2v) is 15.4. The number of allylic oxidation sites excluding steroid dienone is 2. The van der Waals surface area contributed by atoms with Gasteiger partial charge in [-0.3, -0.25) is 9.59 Å². The Bertz CT molecular complexity index is 2010. The van der Waals surface area contributed by atoms with Gasteiger partial charge in [-0.2, -0.15) is 0 Å². The molecule has 0 bridgehead atoms. The monoisotopic (exact) mass is 815 g/mol. The summed E-state index contributed by atoms with van der Waals surface area (Å²) in [5.41, 5.74) is 6.32. The zero-order valence-electron chi connectivity index (χ0n) is 34.5. The number of alkyl carbamates (subject to hydrolysis) is 1. The van der Waals surface area contributed by atoms with Gasteiger partial charge in [0.2, 0.25) is 11.8 Å². The van der Waals surface area contributed by atoms with E-state index in [4.69, 9.17) is 14.2 Å². The average molecular weight is 816 g/mol. The van der Waals surface area contributed by atoms with Gasteiger partial charge < -0.3 is 35.3 Å². The summed E-state index contributed by atoms with van der Waals surface area (Å²) in [5, 5.41) is 18.6. The van der Waals surface area contributed by atoms with Crippen molar-refractivity contribution < 1.29 is 38.5 Å². The molecule has 4 atom stereocenters. The van der Waals surface area contributed by atoms with E-state index in [-0.39, 0.29) is 50.9 Å². The molecular formula is C49H57N3O8. The predicted molar refractivity (Wildman–Crippen MR) is 232 cm³/mol. The lowest BCUT2D eigenvalue weighted by molar-refractivity contribution is -0.148. The summed E-state index contributed by atoms with van der Waals surface area (Å²) in [6.07, 6.45) is 3.63. The van der Waals surface area contributed by atoms with Gasteiger partial charge in [-0.15, -0.1) is 13.2 Å². The molecule has 60 heavy (non-hydrogen) atoms. The number of carbonyl (C=O) groups excluding carboxylic acids is 4. The molecule has 3 amide bonds. The van der Waals surface area contributed by atoms with Crippen LogP contribution in [0.4, 0.5) is 4.79 Å². The second kappa shape index (κ2) is 22.8. The van der Waals surface area contributed by atoms with Crippen molar-refractivity contribution in [3.63, 3.8) is 0 Å². The SMILES string of the molecule is C=CCCC(NC(=O)OCC1c2ccccc2-c2ccccc21)C(=O)OCC(NC(=O)C(CC=C)CC(=O)NC(CO)Cc1ccc(OCc2ccccc2)cc1)C(C)C. The summed E-state index contributed by atoms with van der Waals surface area (Å²) < 4.78 is 17.2. The highest BCUT2D eigenvalue weighted by molar-refractivity contribution is 5.86. The van der Waals surface area contributed by atoms with Crippen LogP contribution in [0, 0.1) is 11.8 Å². The Morgan fingerprint density at radius 1 is 0.767 bits per heavy atom. The molecule has 4 aromatic carbocycles. The predicted octanol–water partition coefficient (Wildman–Crippen LogP) is 7.43. The topological polar surface area (TPSA) is 152 Å². The van der Waals surface area contributed by atoms with Crippen molar-refractivity contribution in [2.24, 2.45) is 11.8 Å². The fourth-order valence-corrected chi connectivity index (χ4v) is 7.19. The molecule has 11 heteroatoms. The Balaban J connectivity index is 1.10. The van der Waals surface area contributed by atoms with Crippen LogP contribution in [0.1, 0.15) is 67.7 Å². The molecule has 316 valence electrons. The largest absolute Gasteiger partial charge is 0.489 e. The van der Waals surface area contributed by atoms with Gasteiger partial charge >= 0.3 is 12.1 Å². The van der Waals surface area contributed by atoms with E-state index in [1.54, 1.807) is 12.2 Å². The molecular weight excluding hydrogens is 759 g/mol. The average Bonchev–Trinajstić information content (AvgIpc) is 3.58. The van der Waals surface area contributed by atoms with E-state index in [9.17, 15) is 24.3 Å². The number of aliphatic hydroxyl groups is 1. The summed E-state index contributed by atoms with van der Waals surface area (Å²) in [6.45, 7) is 11.4. The van der Waals surface area contributed by atoms with E-state index < -0.39 is 47.9 Å². The van der Waals surface area contributed by atoms with Gasteiger partial charge in [-0.1, -0.05) is 117 Å². The first-order valence-electron chi connectivity index (χ1n) is 20.6. The molecule has 0 saturated heterocycles. The lowest BCUT2D eigenvalue weighted by Gasteiger charge is -2.26. The number of hydrogen-bond donors (Lipinski definition) is 4. The first-order chi connectivity index (χ1) is 29.1. The normalized spacial score (nSPS) is 13.7. The molecule has 11 nitrogen and oxygen atoms in total. The Morgan fingerprint density at radius 2 is 1.42 bits per heavy atom. The van der Waals surface area contributed by atoms with Gasteiger partial charge in [0.15, 0.2) is 0 Å². The summed E-state index contributed by atoms with van der Waals surface area (Å²) in [6, 6.07) is 31.2. The van der Waals surface area contributed by atoms with Gasteiger partial charge in [0, 0.05) is 12.3 Å². The van der Waals surface area contributed by atoms with Crippen molar-refractivity contribution in [1.29, 1.82) is 0 Å². The van der Waals surface area contributed by atoms with Crippen LogP contribution in [-0.4, -0.2) is 66.9 Å². The smallest absolute Gasteiger partial charge is 0.407 e. The Labute approximate surface area is 353 Å². The third kappa shape index (κ3) is 12.9. The number of esters is 1. The molecule has 0 aromatic heterocycles. The molecule has 5 rings (SSSR count). The highest BCUT2D eigenvalue weighted by Crippen LogP contribution is 2.44. The number of carbonyl (C=O) groups is 4. The van der Waals surface area contributed by atoms with Gasteiger partial charge in [0.25, 0.3) is 0 Å². The van der Waals surface area contributed by atoms with Crippen LogP contribution < -0.4 is 20.7 Å². The first kappa shape index (κ1) is 44.9. The third-order valence-electron chi connectivity index (χ3n) is 10.6. The van der Waals surface area contributed by atoms with Crippen LogP contribution in [0.25, 0.3) is 11.1 Å². The van der Waals surface area contributed by atoms with E-state index in [2.05, 4.69) is 41.2 Å². The Morgan fingerprint density at radius 3 is 2.03 bits per heavy atom. The number of fused-ring (bicyclic) bond motifs is 3. The molecule has 4 unspecified atom stereocenters. The highest BCUT2D eigenvalue weighted by atomic mass is 16.6. The van der Waals surface area contributed by atoms with E-state index in [0.717, 1.165) is 33.4 Å². The summed E-state index contributed by atoms with van der Waals surface area (Å²) >= 11 is 0. The lowest BCUT2D eigenvalue weighted by Crippen LogP contribution is -2.48. The minimum Gasteiger partial charge on any atom is -0.489 e. The highest BCUT2D eigenvalue weighted by Gasteiger charge is 2.31. The van der Waals surface area contributed by atoms with Crippen molar-refractivity contribution in [2.75, 3.05) is 19.8 Å². The zero-order chi connectivity index (χ0) is 42.9. The van der Waals surface area contributed by atoms with Crippen LogP contribution >= 0.6 is 0 Å². The third-order valence-corrected chi connectivity index (χ3v) is 10.6. The van der Waals surface area contributed by atoms with Crippen molar-refractivity contribution in [2.45, 2.75) is 76.6 Å². The summed E-state index contributed by atoms with van der Waals surface area (Å²) in [5.74, 6) is -1.79. The summed E-state index contributed by atoms with van der Waals surface area (Å²) in [4.78, 5) is 53.3. The van der Waals surface area contributed by atoms with Crippen LogP contribution in [-0.2, 0) is 36.9 Å². The maximum absolute atomic E-state index is 13.6. The van der Waals surface area contributed by atoms with Crippen molar-refractivity contribution in [3.8, 4) is 16.9 Å². The maximum atomic E-state index is 13.6. The molecule has 4 aromatic rings. The molecule has 0 spiro atoms. The molecule has 1 aliphatic rings. The van der Waals surface area contributed by atoms with Gasteiger partial charge in [0.1, 0.15) is 31.6 Å². The number of hydrogen-bond acceptors (Lipinski definition) is 8. The lowest BCUT2D eigenvalue weighted by atomic mass is 9.97. The van der Waals surface area contributed by atoms with Crippen LogP contribution in [0.3, 0.4) is 0 Å². The molecule has 0 aliphatic heterocycles. The molecule has 0 radical (unpaired) electrons. The van der Waals surface area contributed by atoms with Crippen LogP contribution in [0.15, 0.2) is 128 Å². The van der Waals surface area contributed by atoms with Gasteiger partial charge in [-0.05, 0) is 77.1 Å². The molecule has 0 heterocycles. The number of benzene rings is 4. The van der Waals surface area contributed by atoms with E-state index in [0.29, 0.717) is 25.2 Å². The van der Waals surface area contributed by atoms with Gasteiger partial charge in [0.05, 0.1) is 24.6 Å². The second-order valence-electron chi connectivity index (χ2n) is 15.4. The van der Waals surface area contributed by atoms with Crippen molar-refractivity contribution in [3.05, 3.63) is 151 Å². The minimum absolute atomic E-state index is 0.0919. The maximum Gasteiger partial charge on any atom is 0.407 e. The molecule has 1 aliphatic carbocycles. The number of amides is 3. The quantitative estimate of drug-likeness (QED) is 0.0446. The number of rotatable bonds is 23. The van der Waals surface area contributed by atoms with Gasteiger partial charge in [-0.25, -0.2) is 9.59 Å².